The number of nitrogens with zero attached hydrogens (tertiary/aromatic N) is 3. The molecular formula is C21H15BrF3N3O2S. The molecule has 10 heteroatoms. The van der Waals surface area contributed by atoms with Crippen molar-refractivity contribution >= 4 is 38.4 Å². The number of hydrogen-bond donors (Lipinski definition) is 0. The number of halogens is 4. The number of oxime groups is 1. The van der Waals surface area contributed by atoms with Gasteiger partial charge in [0.05, 0.1) is 23.2 Å². The molecule has 0 fully saturated rings. The van der Waals surface area contributed by atoms with E-state index in [0.717, 1.165) is 38.5 Å². The van der Waals surface area contributed by atoms with Gasteiger partial charge in [0, 0.05) is 21.6 Å². The first-order valence-corrected chi connectivity index (χ1v) is 10.8. The summed E-state index contributed by atoms with van der Waals surface area (Å²) >= 11 is 4.93. The minimum Gasteiger partial charge on any atom is -0.490 e. The number of ether oxygens (including phenoxy) is 1. The van der Waals surface area contributed by atoms with Crippen molar-refractivity contribution in [3.8, 4) is 17.0 Å². The second-order valence-corrected chi connectivity index (χ2v) is 8.14. The number of hydrogen-bond acceptors (Lipinski definition) is 5. The minimum absolute atomic E-state index is 0.0541. The van der Waals surface area contributed by atoms with Crippen molar-refractivity contribution in [2.45, 2.75) is 6.18 Å². The molecule has 0 bridgehead atoms. The highest BCUT2D eigenvalue weighted by atomic mass is 79.9. The fourth-order valence-corrected chi connectivity index (χ4v) is 3.83. The Balaban J connectivity index is 1.39. The van der Waals surface area contributed by atoms with E-state index in [2.05, 4.69) is 26.1 Å². The third kappa shape index (κ3) is 5.08. The predicted octanol–water partition coefficient (Wildman–Crippen LogP) is 6.27. The molecule has 2 heterocycles. The summed E-state index contributed by atoms with van der Waals surface area (Å²) in [5.41, 5.74) is 1.71. The van der Waals surface area contributed by atoms with Gasteiger partial charge in [0.25, 0.3) is 0 Å². The summed E-state index contributed by atoms with van der Waals surface area (Å²) in [6.45, 7) is 0.129. The van der Waals surface area contributed by atoms with Crippen LogP contribution >= 0.6 is 27.3 Å². The summed E-state index contributed by atoms with van der Waals surface area (Å²) in [4.78, 5) is 10.7. The van der Waals surface area contributed by atoms with Gasteiger partial charge < -0.3 is 9.57 Å². The van der Waals surface area contributed by atoms with Crippen LogP contribution in [-0.2, 0) is 11.0 Å². The lowest BCUT2D eigenvalue weighted by Gasteiger charge is -2.09. The van der Waals surface area contributed by atoms with Crippen LogP contribution in [-0.4, -0.2) is 28.8 Å². The number of thiazole rings is 1. The van der Waals surface area contributed by atoms with E-state index in [1.54, 1.807) is 6.21 Å². The number of fused-ring (bicyclic) bond motifs is 1. The third-order valence-electron chi connectivity index (χ3n) is 4.27. The first-order valence-electron chi connectivity index (χ1n) is 9.09. The number of imidazole rings is 1. The van der Waals surface area contributed by atoms with Crippen LogP contribution in [0.15, 0.2) is 69.7 Å². The lowest BCUT2D eigenvalue weighted by Crippen LogP contribution is -2.07. The van der Waals surface area contributed by atoms with Gasteiger partial charge >= 0.3 is 6.18 Å². The molecule has 31 heavy (non-hydrogen) atoms. The Bertz CT molecular complexity index is 1200. The van der Waals surface area contributed by atoms with E-state index in [4.69, 9.17) is 9.57 Å². The summed E-state index contributed by atoms with van der Waals surface area (Å²) in [6.07, 6.45) is -0.952. The summed E-state index contributed by atoms with van der Waals surface area (Å²) in [5.74, 6) is 0.121. The van der Waals surface area contributed by atoms with Crippen molar-refractivity contribution in [1.82, 2.24) is 9.38 Å². The van der Waals surface area contributed by atoms with Gasteiger partial charge in [-0.1, -0.05) is 39.3 Å². The number of aromatic nitrogens is 2. The molecule has 0 N–H and O–H groups in total. The van der Waals surface area contributed by atoms with Crippen molar-refractivity contribution in [1.29, 1.82) is 0 Å². The van der Waals surface area contributed by atoms with E-state index in [-0.39, 0.29) is 19.0 Å². The molecule has 4 aromatic rings. The molecule has 0 aliphatic rings. The molecule has 0 aliphatic carbocycles. The van der Waals surface area contributed by atoms with Crippen LogP contribution in [0.3, 0.4) is 0 Å². The van der Waals surface area contributed by atoms with E-state index >= 15 is 0 Å². The summed E-state index contributed by atoms with van der Waals surface area (Å²) in [6, 6.07) is 12.5. The molecule has 160 valence electrons. The lowest BCUT2D eigenvalue weighted by atomic mass is 10.1. The Kier molecular flexibility index (Phi) is 6.28. The summed E-state index contributed by atoms with van der Waals surface area (Å²) < 4.78 is 46.4. The quantitative estimate of drug-likeness (QED) is 0.167. The number of alkyl halides is 3. The van der Waals surface area contributed by atoms with Crippen LogP contribution in [0, 0.1) is 0 Å². The molecule has 0 saturated carbocycles. The highest BCUT2D eigenvalue weighted by molar-refractivity contribution is 9.10. The molecule has 5 nitrogen and oxygen atoms in total. The van der Waals surface area contributed by atoms with E-state index < -0.39 is 11.7 Å². The molecule has 0 spiro atoms. The first-order chi connectivity index (χ1) is 14.9. The molecule has 2 aromatic carbocycles. The highest BCUT2D eigenvalue weighted by Crippen LogP contribution is 2.31. The maximum Gasteiger partial charge on any atom is 0.416 e. The van der Waals surface area contributed by atoms with E-state index in [1.807, 2.05) is 40.2 Å². The Labute approximate surface area is 187 Å². The summed E-state index contributed by atoms with van der Waals surface area (Å²) in [7, 11) is 0. The van der Waals surface area contributed by atoms with Gasteiger partial charge in [-0.15, -0.1) is 11.3 Å². The van der Waals surface area contributed by atoms with Crippen LogP contribution in [0.1, 0.15) is 11.3 Å². The fraction of sp³-hybridized carbons (Fsp3) is 0.143. The maximum absolute atomic E-state index is 12.7. The Hall–Kier alpha value is -2.85. The van der Waals surface area contributed by atoms with Crippen LogP contribution in [0.25, 0.3) is 16.2 Å². The van der Waals surface area contributed by atoms with Gasteiger partial charge in [-0.3, -0.25) is 4.40 Å². The smallest absolute Gasteiger partial charge is 0.416 e. The third-order valence-corrected chi connectivity index (χ3v) is 5.56. The average molecular weight is 510 g/mol. The van der Waals surface area contributed by atoms with Gasteiger partial charge in [-0.05, 0) is 30.3 Å². The predicted molar refractivity (Wildman–Crippen MR) is 117 cm³/mol. The van der Waals surface area contributed by atoms with Crippen LogP contribution < -0.4 is 4.74 Å². The molecule has 0 unspecified atom stereocenters. The second kappa shape index (κ2) is 9.11. The molecule has 0 saturated heterocycles. The molecule has 4 rings (SSSR count). The SMILES string of the molecule is FC(F)(F)c1cccc(OCCO/N=C/c2c(-c3ccc(Br)cc3)nc3sccn23)c1. The van der Waals surface area contributed by atoms with Crippen molar-refractivity contribution in [3.05, 3.63) is 75.8 Å². The largest absolute Gasteiger partial charge is 0.490 e. The zero-order valence-corrected chi connectivity index (χ0v) is 18.2. The van der Waals surface area contributed by atoms with Gasteiger partial charge in [0.15, 0.2) is 11.6 Å². The molecule has 0 atom stereocenters. The molecule has 2 aromatic heterocycles. The number of rotatable bonds is 7. The number of benzene rings is 2. The summed E-state index contributed by atoms with van der Waals surface area (Å²) in [5, 5.41) is 5.91. The standard InChI is InChI=1S/C21H15BrF3N3O2S/c22-16-6-4-14(5-7-16)19-18(28-8-11-31-20(28)27-19)13-26-30-10-9-29-17-3-1-2-15(12-17)21(23,24)25/h1-8,11-13H,9-10H2/b26-13+. The monoisotopic (exact) mass is 509 g/mol. The van der Waals surface area contributed by atoms with E-state index in [9.17, 15) is 13.2 Å². The molecule has 0 aliphatic heterocycles. The lowest BCUT2D eigenvalue weighted by molar-refractivity contribution is -0.137. The molecule has 0 radical (unpaired) electrons. The van der Waals surface area contributed by atoms with E-state index in [0.29, 0.717) is 0 Å². The Morgan fingerprint density at radius 2 is 1.94 bits per heavy atom. The normalized spacial score (nSPS) is 12.0. The first kappa shape index (κ1) is 21.4. The van der Waals surface area contributed by atoms with Crippen molar-refractivity contribution in [3.63, 3.8) is 0 Å². The van der Waals surface area contributed by atoms with Gasteiger partial charge in [0.1, 0.15) is 12.4 Å². The van der Waals surface area contributed by atoms with Crippen molar-refractivity contribution in [2.24, 2.45) is 5.16 Å². The van der Waals surface area contributed by atoms with E-state index in [1.165, 1.54) is 23.5 Å². The zero-order valence-electron chi connectivity index (χ0n) is 15.8. The fourth-order valence-electron chi connectivity index (χ4n) is 2.85. The minimum atomic E-state index is -4.41. The Morgan fingerprint density at radius 3 is 2.71 bits per heavy atom. The van der Waals surface area contributed by atoms with Crippen molar-refractivity contribution in [2.75, 3.05) is 13.2 Å². The van der Waals surface area contributed by atoms with Crippen LogP contribution in [0.4, 0.5) is 13.2 Å². The maximum atomic E-state index is 12.7. The topological polar surface area (TPSA) is 48.1 Å². The second-order valence-electron chi connectivity index (χ2n) is 6.35. The average Bonchev–Trinajstić information content (AvgIpc) is 3.33. The van der Waals surface area contributed by atoms with Crippen molar-refractivity contribution < 1.29 is 22.7 Å². The zero-order chi connectivity index (χ0) is 21.8. The highest BCUT2D eigenvalue weighted by Gasteiger charge is 2.30. The molecule has 0 amide bonds. The molecular weight excluding hydrogens is 495 g/mol. The van der Waals surface area contributed by atoms with Gasteiger partial charge in [-0.2, -0.15) is 13.2 Å². The van der Waals surface area contributed by atoms with Gasteiger partial charge in [0.2, 0.25) is 0 Å². The van der Waals surface area contributed by atoms with Gasteiger partial charge in [-0.25, -0.2) is 4.98 Å². The Morgan fingerprint density at radius 1 is 1.13 bits per heavy atom. The van der Waals surface area contributed by atoms with Crippen LogP contribution in [0.2, 0.25) is 0 Å². The van der Waals surface area contributed by atoms with Crippen LogP contribution in [0.5, 0.6) is 5.75 Å².